The minimum atomic E-state index is -2.98. The van der Waals surface area contributed by atoms with Gasteiger partial charge in [0, 0.05) is 11.4 Å². The number of anilines is 1. The monoisotopic (exact) mass is 360 g/mol. The molecule has 0 saturated carbocycles. The number of amides is 1. The molecule has 2 heterocycles. The average Bonchev–Trinajstić information content (AvgIpc) is 2.98. The van der Waals surface area contributed by atoms with E-state index in [4.69, 9.17) is 0 Å². The number of nitrogens with zero attached hydrogens (tertiary/aromatic N) is 3. The summed E-state index contributed by atoms with van der Waals surface area (Å²) < 4.78 is 31.2. The fourth-order valence-corrected chi connectivity index (χ4v) is 2.63. The van der Waals surface area contributed by atoms with Gasteiger partial charge in [0.25, 0.3) is 5.91 Å². The first-order valence-corrected chi connectivity index (χ1v) is 8.07. The Balaban J connectivity index is 1.93. The zero-order valence-electron chi connectivity index (χ0n) is 14.5. The molecule has 0 aliphatic carbocycles. The lowest BCUT2D eigenvalue weighted by molar-refractivity contribution is -0.0493. The van der Waals surface area contributed by atoms with E-state index in [9.17, 15) is 13.6 Å². The van der Waals surface area contributed by atoms with Crippen molar-refractivity contribution in [3.8, 4) is 5.75 Å². The van der Waals surface area contributed by atoms with Crippen molar-refractivity contribution in [1.82, 2.24) is 14.8 Å². The van der Waals surface area contributed by atoms with E-state index < -0.39 is 12.5 Å². The van der Waals surface area contributed by atoms with E-state index in [1.54, 1.807) is 36.0 Å². The van der Waals surface area contributed by atoms with Gasteiger partial charge in [0.2, 0.25) is 0 Å². The van der Waals surface area contributed by atoms with Crippen molar-refractivity contribution < 1.29 is 18.3 Å². The molecule has 6 nitrogen and oxygen atoms in total. The summed E-state index contributed by atoms with van der Waals surface area (Å²) in [6.45, 7) is 2.72. The number of carbonyl (C=O) groups is 1. The van der Waals surface area contributed by atoms with Crippen LogP contribution in [0, 0.1) is 6.92 Å². The predicted octanol–water partition coefficient (Wildman–Crippen LogP) is 4.17. The summed E-state index contributed by atoms with van der Waals surface area (Å²) in [6, 6.07) is 7.85. The highest BCUT2D eigenvalue weighted by Crippen LogP contribution is 2.27. The number of para-hydroxylation sites is 2. The van der Waals surface area contributed by atoms with Crippen LogP contribution in [0.3, 0.4) is 0 Å². The van der Waals surface area contributed by atoms with Crippen molar-refractivity contribution in [3.63, 3.8) is 0 Å². The van der Waals surface area contributed by atoms with Gasteiger partial charge in [-0.05, 0) is 39.0 Å². The highest BCUT2D eigenvalue weighted by molar-refractivity contribution is 6.07. The maximum Gasteiger partial charge on any atom is 0.387 e. The van der Waals surface area contributed by atoms with Gasteiger partial charge < -0.3 is 10.1 Å². The number of fused-ring (bicyclic) bond motifs is 1. The summed E-state index contributed by atoms with van der Waals surface area (Å²) in [5.41, 5.74) is 1.71. The first-order chi connectivity index (χ1) is 12.4. The SMILES string of the molecule is Cc1nc2c(cnn2C(C)C)cc1C(=O)Nc1ccccc1OC(F)F. The lowest BCUT2D eigenvalue weighted by atomic mass is 10.1. The second-order valence-corrected chi connectivity index (χ2v) is 6.05. The Morgan fingerprint density at radius 1 is 1.27 bits per heavy atom. The van der Waals surface area contributed by atoms with Crippen LogP contribution in [-0.2, 0) is 0 Å². The van der Waals surface area contributed by atoms with Crippen molar-refractivity contribution in [2.24, 2.45) is 0 Å². The zero-order valence-corrected chi connectivity index (χ0v) is 14.5. The number of ether oxygens (including phenoxy) is 1. The Labute approximate surface area is 148 Å². The predicted molar refractivity (Wildman–Crippen MR) is 93.7 cm³/mol. The molecule has 0 spiro atoms. The van der Waals surface area contributed by atoms with E-state index in [-0.39, 0.29) is 17.5 Å². The van der Waals surface area contributed by atoms with E-state index in [0.29, 0.717) is 16.9 Å². The first kappa shape index (κ1) is 17.8. The minimum absolute atomic E-state index is 0.102. The third-order valence-corrected chi connectivity index (χ3v) is 3.84. The van der Waals surface area contributed by atoms with E-state index in [0.717, 1.165) is 5.39 Å². The highest BCUT2D eigenvalue weighted by atomic mass is 19.3. The van der Waals surface area contributed by atoms with Crippen LogP contribution in [0.1, 0.15) is 35.9 Å². The maximum atomic E-state index is 12.6. The van der Waals surface area contributed by atoms with Crippen molar-refractivity contribution in [2.45, 2.75) is 33.4 Å². The van der Waals surface area contributed by atoms with E-state index in [2.05, 4.69) is 20.1 Å². The van der Waals surface area contributed by atoms with Crippen molar-refractivity contribution in [1.29, 1.82) is 0 Å². The van der Waals surface area contributed by atoms with Crippen LogP contribution in [-0.4, -0.2) is 27.3 Å². The van der Waals surface area contributed by atoms with Gasteiger partial charge >= 0.3 is 6.61 Å². The Kier molecular flexibility index (Phi) is 4.83. The number of carbonyl (C=O) groups excluding carboxylic acids is 1. The standard InChI is InChI=1S/C18H18F2N4O2/c1-10(2)24-16-12(9-21-24)8-13(11(3)22-16)17(25)23-14-6-4-5-7-15(14)26-18(19)20/h4-10,18H,1-3H3,(H,23,25). The Bertz CT molecular complexity index is 954. The number of alkyl halides is 2. The molecule has 0 aliphatic heterocycles. The third kappa shape index (κ3) is 3.49. The third-order valence-electron chi connectivity index (χ3n) is 3.84. The number of hydrogen-bond acceptors (Lipinski definition) is 4. The van der Waals surface area contributed by atoms with Crippen LogP contribution in [0.5, 0.6) is 5.75 Å². The fourth-order valence-electron chi connectivity index (χ4n) is 2.63. The van der Waals surface area contributed by atoms with Gasteiger partial charge in [-0.2, -0.15) is 13.9 Å². The van der Waals surface area contributed by atoms with Gasteiger partial charge in [0.1, 0.15) is 5.75 Å². The van der Waals surface area contributed by atoms with Crippen LogP contribution >= 0.6 is 0 Å². The molecule has 0 atom stereocenters. The number of hydrogen-bond donors (Lipinski definition) is 1. The molecule has 2 aromatic heterocycles. The van der Waals surface area contributed by atoms with E-state index in [1.807, 2.05) is 13.8 Å². The second kappa shape index (κ2) is 7.07. The topological polar surface area (TPSA) is 69.0 Å². The average molecular weight is 360 g/mol. The lowest BCUT2D eigenvalue weighted by Gasteiger charge is -2.13. The molecule has 1 aromatic carbocycles. The number of pyridine rings is 1. The highest BCUT2D eigenvalue weighted by Gasteiger charge is 2.17. The molecule has 0 aliphatic rings. The molecule has 0 fully saturated rings. The maximum absolute atomic E-state index is 12.6. The largest absolute Gasteiger partial charge is 0.433 e. The molecule has 136 valence electrons. The van der Waals surface area contributed by atoms with Gasteiger partial charge in [0.15, 0.2) is 5.65 Å². The summed E-state index contributed by atoms with van der Waals surface area (Å²) in [4.78, 5) is 17.1. The number of aromatic nitrogens is 3. The second-order valence-electron chi connectivity index (χ2n) is 6.05. The molecular weight excluding hydrogens is 342 g/mol. The van der Waals surface area contributed by atoms with Crippen LogP contribution in [0.15, 0.2) is 36.5 Å². The quantitative estimate of drug-likeness (QED) is 0.741. The molecule has 1 N–H and O–H groups in total. The molecule has 0 bridgehead atoms. The van der Waals surface area contributed by atoms with Gasteiger partial charge in [-0.1, -0.05) is 12.1 Å². The Hall–Kier alpha value is -3.03. The number of nitrogens with one attached hydrogen (secondary N) is 1. The molecule has 0 saturated heterocycles. The molecule has 3 aromatic rings. The van der Waals surface area contributed by atoms with Gasteiger partial charge in [-0.25, -0.2) is 9.67 Å². The van der Waals surface area contributed by atoms with Crippen molar-refractivity contribution in [2.75, 3.05) is 5.32 Å². The number of benzene rings is 1. The Morgan fingerprint density at radius 2 is 2.00 bits per heavy atom. The lowest BCUT2D eigenvalue weighted by Crippen LogP contribution is -2.16. The smallest absolute Gasteiger partial charge is 0.387 e. The molecule has 0 radical (unpaired) electrons. The summed E-state index contributed by atoms with van der Waals surface area (Å²) in [6.07, 6.45) is 1.65. The summed E-state index contributed by atoms with van der Waals surface area (Å²) >= 11 is 0. The van der Waals surface area contributed by atoms with Gasteiger partial charge in [0.05, 0.1) is 23.1 Å². The van der Waals surface area contributed by atoms with Crippen LogP contribution in [0.2, 0.25) is 0 Å². The molecule has 26 heavy (non-hydrogen) atoms. The number of rotatable bonds is 5. The van der Waals surface area contributed by atoms with Crippen LogP contribution in [0.25, 0.3) is 11.0 Å². The van der Waals surface area contributed by atoms with E-state index >= 15 is 0 Å². The van der Waals surface area contributed by atoms with Crippen molar-refractivity contribution in [3.05, 3.63) is 47.8 Å². The molecule has 0 unspecified atom stereocenters. The summed E-state index contributed by atoms with van der Waals surface area (Å²) in [5.74, 6) is -0.560. The van der Waals surface area contributed by atoms with E-state index in [1.165, 1.54) is 12.1 Å². The minimum Gasteiger partial charge on any atom is -0.433 e. The van der Waals surface area contributed by atoms with Crippen LogP contribution in [0.4, 0.5) is 14.5 Å². The van der Waals surface area contributed by atoms with Crippen LogP contribution < -0.4 is 10.1 Å². The molecule has 8 heteroatoms. The van der Waals surface area contributed by atoms with Gasteiger partial charge in [-0.3, -0.25) is 4.79 Å². The summed E-state index contributed by atoms with van der Waals surface area (Å²) in [5, 5.41) is 7.62. The molecule has 3 rings (SSSR count). The van der Waals surface area contributed by atoms with Crippen molar-refractivity contribution >= 4 is 22.6 Å². The summed E-state index contributed by atoms with van der Waals surface area (Å²) in [7, 11) is 0. The fraction of sp³-hybridized carbons (Fsp3) is 0.278. The first-order valence-electron chi connectivity index (χ1n) is 8.07. The van der Waals surface area contributed by atoms with Gasteiger partial charge in [-0.15, -0.1) is 0 Å². The normalized spacial score (nSPS) is 11.3. The zero-order chi connectivity index (χ0) is 18.8. The number of aryl methyl sites for hydroxylation is 1. The molecular formula is C18H18F2N4O2. The number of halogens is 2. The Morgan fingerprint density at radius 3 is 2.69 bits per heavy atom. The molecule has 1 amide bonds.